The van der Waals surface area contributed by atoms with Crippen molar-refractivity contribution in [2.24, 2.45) is 0 Å². The van der Waals surface area contributed by atoms with E-state index in [2.05, 4.69) is 48.2 Å². The first-order valence-corrected chi connectivity index (χ1v) is 14.2. The number of amides is 1. The number of carbonyl (C=O) groups excluding carboxylic acids is 1. The molecule has 1 amide bonds. The first-order chi connectivity index (χ1) is 19.6. The summed E-state index contributed by atoms with van der Waals surface area (Å²) in [7, 11) is 1.69. The molecule has 1 aromatic heterocycles. The number of hydrogen-bond acceptors (Lipinski definition) is 5. The van der Waals surface area contributed by atoms with E-state index in [9.17, 15) is 4.79 Å². The molecule has 1 aliphatic heterocycles. The minimum atomic E-state index is -0.312. The quantitative estimate of drug-likeness (QED) is 0.285. The van der Waals surface area contributed by atoms with Crippen LogP contribution in [0.15, 0.2) is 84.9 Å². The number of rotatable bonds is 8. The maximum absolute atomic E-state index is 14.1. The lowest BCUT2D eigenvalue weighted by Gasteiger charge is -2.28. The summed E-state index contributed by atoms with van der Waals surface area (Å²) < 4.78 is 5.35. The van der Waals surface area contributed by atoms with E-state index in [0.717, 1.165) is 73.1 Å². The van der Waals surface area contributed by atoms with Crippen LogP contribution < -0.4 is 9.64 Å². The van der Waals surface area contributed by atoms with Crippen LogP contribution in [0.4, 0.5) is 5.82 Å². The molecule has 1 fully saturated rings. The molecule has 4 aromatic rings. The Hall–Kier alpha value is -4.19. The van der Waals surface area contributed by atoms with Gasteiger partial charge in [0.05, 0.1) is 13.0 Å². The average molecular weight is 535 g/mol. The molecule has 5 rings (SSSR count). The highest BCUT2D eigenvalue weighted by atomic mass is 16.5. The Balaban J connectivity index is 1.40. The van der Waals surface area contributed by atoms with Crippen LogP contribution >= 0.6 is 0 Å². The van der Waals surface area contributed by atoms with Crippen LogP contribution in [0, 0.1) is 6.92 Å². The molecule has 0 saturated carbocycles. The van der Waals surface area contributed by atoms with Gasteiger partial charge in [-0.1, -0.05) is 79.7 Å². The van der Waals surface area contributed by atoms with Gasteiger partial charge in [0.25, 0.3) is 0 Å². The summed E-state index contributed by atoms with van der Waals surface area (Å²) >= 11 is 0. The van der Waals surface area contributed by atoms with Gasteiger partial charge in [0.15, 0.2) is 0 Å². The van der Waals surface area contributed by atoms with Gasteiger partial charge in [0, 0.05) is 43.9 Å². The van der Waals surface area contributed by atoms with Crippen molar-refractivity contribution in [3.63, 3.8) is 0 Å². The Bertz CT molecular complexity index is 1370. The fraction of sp³-hybridized carbons (Fsp3) is 0.324. The van der Waals surface area contributed by atoms with Crippen molar-refractivity contribution in [1.29, 1.82) is 0 Å². The second kappa shape index (κ2) is 12.8. The lowest BCUT2D eigenvalue weighted by molar-refractivity contribution is -0.131. The molecule has 1 saturated heterocycles. The maximum Gasteiger partial charge on any atom is 0.234 e. The summed E-state index contributed by atoms with van der Waals surface area (Å²) in [5.74, 6) is 2.48. The van der Waals surface area contributed by atoms with Gasteiger partial charge in [-0.05, 0) is 48.6 Å². The lowest BCUT2D eigenvalue weighted by Crippen LogP contribution is -2.39. The summed E-state index contributed by atoms with van der Waals surface area (Å²) in [6, 6.07) is 28.5. The number of carbonyl (C=O) groups is 1. The molecular weight excluding hydrogens is 496 g/mol. The van der Waals surface area contributed by atoms with Gasteiger partial charge in [-0.2, -0.15) is 0 Å². The largest absolute Gasteiger partial charge is 0.497 e. The van der Waals surface area contributed by atoms with Crippen LogP contribution in [0.1, 0.15) is 53.0 Å². The molecule has 6 heteroatoms. The van der Waals surface area contributed by atoms with Gasteiger partial charge in [-0.3, -0.25) is 4.79 Å². The zero-order chi connectivity index (χ0) is 27.9. The monoisotopic (exact) mass is 534 g/mol. The summed E-state index contributed by atoms with van der Waals surface area (Å²) in [5, 5.41) is 0. The van der Waals surface area contributed by atoms with E-state index >= 15 is 0 Å². The first-order valence-electron chi connectivity index (χ1n) is 14.2. The zero-order valence-corrected chi connectivity index (χ0v) is 23.7. The van der Waals surface area contributed by atoms with Gasteiger partial charge in [-0.15, -0.1) is 0 Å². The number of hydrogen-bond donors (Lipinski definition) is 0. The second-order valence-corrected chi connectivity index (χ2v) is 10.3. The molecule has 0 radical (unpaired) electrons. The highest BCUT2D eigenvalue weighted by Crippen LogP contribution is 2.30. The Morgan fingerprint density at radius 2 is 1.50 bits per heavy atom. The molecule has 2 heterocycles. The number of benzene rings is 3. The number of nitrogens with zero attached hydrogens (tertiary/aromatic N) is 4. The molecule has 3 aromatic carbocycles. The smallest absolute Gasteiger partial charge is 0.234 e. The number of anilines is 1. The number of methoxy groups -OCH3 is 1. The van der Waals surface area contributed by atoms with E-state index < -0.39 is 0 Å². The van der Waals surface area contributed by atoms with E-state index in [-0.39, 0.29) is 11.8 Å². The number of aromatic nitrogens is 2. The topological polar surface area (TPSA) is 58.6 Å². The molecule has 0 bridgehead atoms. The molecule has 1 aliphatic rings. The average Bonchev–Trinajstić information content (AvgIpc) is 3.26. The van der Waals surface area contributed by atoms with Crippen LogP contribution in [0.2, 0.25) is 0 Å². The Labute approximate surface area is 237 Å². The molecule has 206 valence electrons. The molecular formula is C34H38N4O2. The van der Waals surface area contributed by atoms with Gasteiger partial charge in [0.1, 0.15) is 17.4 Å². The summed E-state index contributed by atoms with van der Waals surface area (Å²) in [5.41, 5.74) is 5.51. The van der Waals surface area contributed by atoms with Crippen molar-refractivity contribution in [3.05, 3.63) is 119 Å². The van der Waals surface area contributed by atoms with Crippen LogP contribution in [0.25, 0.3) is 0 Å². The Morgan fingerprint density at radius 3 is 2.10 bits per heavy atom. The molecule has 0 N–H and O–H groups in total. The van der Waals surface area contributed by atoms with Crippen molar-refractivity contribution in [1.82, 2.24) is 14.9 Å². The third-order valence-electron chi connectivity index (χ3n) is 7.68. The molecule has 6 nitrogen and oxygen atoms in total. The van der Waals surface area contributed by atoms with Crippen LogP contribution in [0.5, 0.6) is 5.75 Å². The molecule has 0 aliphatic carbocycles. The highest BCUT2D eigenvalue weighted by Gasteiger charge is 2.30. The minimum Gasteiger partial charge on any atom is -0.497 e. The Morgan fingerprint density at radius 1 is 0.850 bits per heavy atom. The van der Waals surface area contributed by atoms with E-state index in [1.165, 1.54) is 11.1 Å². The molecule has 0 spiro atoms. The predicted molar refractivity (Wildman–Crippen MR) is 160 cm³/mol. The van der Waals surface area contributed by atoms with Crippen molar-refractivity contribution in [2.75, 3.05) is 38.2 Å². The van der Waals surface area contributed by atoms with E-state index in [0.29, 0.717) is 6.54 Å². The van der Waals surface area contributed by atoms with Gasteiger partial charge in [-0.25, -0.2) is 9.97 Å². The number of ether oxygens (including phenoxy) is 1. The second-order valence-electron chi connectivity index (χ2n) is 10.3. The Kier molecular flexibility index (Phi) is 8.74. The van der Waals surface area contributed by atoms with E-state index in [1.807, 2.05) is 60.4 Å². The lowest BCUT2D eigenvalue weighted by atomic mass is 9.90. The zero-order valence-electron chi connectivity index (χ0n) is 23.7. The third kappa shape index (κ3) is 6.17. The maximum atomic E-state index is 14.1. The fourth-order valence-electron chi connectivity index (χ4n) is 5.62. The van der Waals surface area contributed by atoms with Crippen molar-refractivity contribution < 1.29 is 9.53 Å². The summed E-state index contributed by atoms with van der Waals surface area (Å²) in [6.07, 6.45) is 2.48. The van der Waals surface area contributed by atoms with Gasteiger partial charge >= 0.3 is 0 Å². The fourth-order valence-corrected chi connectivity index (χ4v) is 5.62. The summed E-state index contributed by atoms with van der Waals surface area (Å²) in [4.78, 5) is 28.3. The normalized spacial score (nSPS) is 13.8. The number of aryl methyl sites for hydroxylation is 2. The predicted octanol–water partition coefficient (Wildman–Crippen LogP) is 5.82. The third-order valence-corrected chi connectivity index (χ3v) is 7.68. The van der Waals surface area contributed by atoms with Gasteiger partial charge in [0.2, 0.25) is 5.91 Å². The molecule has 0 unspecified atom stereocenters. The SMILES string of the molecule is CCc1nc(C)nc(N2CCCN(C(=O)C(c3ccccc3)c3ccccc3)CC2)c1Cc1ccc(OC)cc1. The van der Waals surface area contributed by atoms with Crippen LogP contribution in [-0.4, -0.2) is 54.1 Å². The summed E-state index contributed by atoms with van der Waals surface area (Å²) in [6.45, 7) is 7.08. The van der Waals surface area contributed by atoms with Gasteiger partial charge < -0.3 is 14.5 Å². The van der Waals surface area contributed by atoms with E-state index in [1.54, 1.807) is 7.11 Å². The first kappa shape index (κ1) is 27.4. The van der Waals surface area contributed by atoms with E-state index in [4.69, 9.17) is 14.7 Å². The minimum absolute atomic E-state index is 0.158. The van der Waals surface area contributed by atoms with Crippen molar-refractivity contribution in [2.45, 2.75) is 39.0 Å². The van der Waals surface area contributed by atoms with Crippen LogP contribution in [0.3, 0.4) is 0 Å². The molecule has 0 atom stereocenters. The molecule has 40 heavy (non-hydrogen) atoms. The van der Waals surface area contributed by atoms with Crippen LogP contribution in [-0.2, 0) is 17.6 Å². The van der Waals surface area contributed by atoms with Crippen molar-refractivity contribution >= 4 is 11.7 Å². The van der Waals surface area contributed by atoms with Crippen molar-refractivity contribution in [3.8, 4) is 5.75 Å². The highest BCUT2D eigenvalue weighted by molar-refractivity contribution is 5.87. The standard InChI is InChI=1S/C34H38N4O2/c1-4-31-30(24-26-16-18-29(40-3)19-17-26)33(36-25(2)35-31)37-20-11-21-38(23-22-37)34(39)32(27-12-7-5-8-13-27)28-14-9-6-10-15-28/h5-10,12-19,32H,4,11,20-24H2,1-3H3.